The molecule has 0 radical (unpaired) electrons. The standard InChI is InChI=1S/C28H25ClN2O5S/c1-3-26(37(35,36)21-10-6-7-17(2)13-21)28(34)30-23-16-25(32)24(15-22(23)29)31-27(33)20-12-11-18-8-4-5-9-19(18)14-20/h4-16,26,32H,3H2,1-2H3,(H,30,34)(H,31,33). The van der Waals surface area contributed by atoms with E-state index >= 15 is 0 Å². The number of hydrogen-bond donors (Lipinski definition) is 3. The summed E-state index contributed by atoms with van der Waals surface area (Å²) >= 11 is 6.33. The number of aryl methyl sites for hydroxylation is 1. The number of benzene rings is 4. The van der Waals surface area contributed by atoms with Crippen molar-refractivity contribution in [1.82, 2.24) is 0 Å². The van der Waals surface area contributed by atoms with Crippen LogP contribution in [0.2, 0.25) is 5.02 Å². The molecule has 2 amide bonds. The molecule has 0 saturated heterocycles. The number of halogens is 1. The summed E-state index contributed by atoms with van der Waals surface area (Å²) in [6.45, 7) is 3.37. The Labute approximate surface area is 220 Å². The molecule has 9 heteroatoms. The van der Waals surface area contributed by atoms with Crippen LogP contribution in [0.4, 0.5) is 11.4 Å². The molecule has 0 fully saturated rings. The number of aromatic hydroxyl groups is 1. The number of fused-ring (bicyclic) bond motifs is 1. The first-order valence-electron chi connectivity index (χ1n) is 11.5. The molecule has 4 aromatic carbocycles. The first-order chi connectivity index (χ1) is 17.6. The molecule has 0 bridgehead atoms. The van der Waals surface area contributed by atoms with Crippen molar-refractivity contribution in [2.24, 2.45) is 0 Å². The lowest BCUT2D eigenvalue weighted by Crippen LogP contribution is -2.34. The van der Waals surface area contributed by atoms with Crippen LogP contribution in [-0.4, -0.2) is 30.6 Å². The number of hydrogen-bond acceptors (Lipinski definition) is 5. The van der Waals surface area contributed by atoms with Crippen molar-refractivity contribution in [3.63, 3.8) is 0 Å². The summed E-state index contributed by atoms with van der Waals surface area (Å²) < 4.78 is 26.2. The van der Waals surface area contributed by atoms with Crippen LogP contribution < -0.4 is 10.6 Å². The molecule has 0 aliphatic heterocycles. The van der Waals surface area contributed by atoms with Crippen LogP contribution in [-0.2, 0) is 14.6 Å². The van der Waals surface area contributed by atoms with Gasteiger partial charge in [-0.25, -0.2) is 8.42 Å². The molecule has 190 valence electrons. The Morgan fingerprint density at radius 1 is 0.892 bits per heavy atom. The van der Waals surface area contributed by atoms with E-state index in [0.717, 1.165) is 16.3 Å². The summed E-state index contributed by atoms with van der Waals surface area (Å²) in [4.78, 5) is 25.8. The van der Waals surface area contributed by atoms with Crippen LogP contribution in [0.25, 0.3) is 10.8 Å². The fourth-order valence-corrected chi connectivity index (χ4v) is 5.94. The van der Waals surface area contributed by atoms with E-state index in [1.54, 1.807) is 38.1 Å². The first kappa shape index (κ1) is 26.2. The molecule has 4 rings (SSSR count). The molecule has 0 aromatic heterocycles. The van der Waals surface area contributed by atoms with Gasteiger partial charge in [0.25, 0.3) is 5.91 Å². The number of amides is 2. The van der Waals surface area contributed by atoms with E-state index in [4.69, 9.17) is 11.6 Å². The largest absolute Gasteiger partial charge is 0.506 e. The molecule has 0 heterocycles. The number of phenolic OH excluding ortho intramolecular Hbond substituents is 1. The lowest BCUT2D eigenvalue weighted by Gasteiger charge is -2.18. The van der Waals surface area contributed by atoms with Crippen LogP contribution in [0, 0.1) is 6.92 Å². The van der Waals surface area contributed by atoms with Crippen molar-refractivity contribution >= 4 is 55.4 Å². The second kappa shape index (κ2) is 10.6. The molecule has 7 nitrogen and oxygen atoms in total. The van der Waals surface area contributed by atoms with E-state index in [1.807, 2.05) is 30.3 Å². The van der Waals surface area contributed by atoms with Gasteiger partial charge in [0.1, 0.15) is 11.0 Å². The SMILES string of the molecule is CCC(C(=O)Nc1cc(O)c(NC(=O)c2ccc3ccccc3c2)cc1Cl)S(=O)(=O)c1cccc(C)c1. The van der Waals surface area contributed by atoms with E-state index < -0.39 is 26.9 Å². The molecule has 0 spiro atoms. The number of carbonyl (C=O) groups excluding carboxylic acids is 2. The van der Waals surface area contributed by atoms with Gasteiger partial charge in [0.15, 0.2) is 9.84 Å². The maximum atomic E-state index is 13.1. The fourth-order valence-electron chi connectivity index (χ4n) is 4.00. The van der Waals surface area contributed by atoms with Gasteiger partial charge in [-0.15, -0.1) is 0 Å². The molecule has 0 aliphatic rings. The molecule has 4 aromatic rings. The van der Waals surface area contributed by atoms with Gasteiger partial charge in [0.05, 0.1) is 21.3 Å². The minimum absolute atomic E-state index is 0.0165. The predicted molar refractivity (Wildman–Crippen MR) is 146 cm³/mol. The molecule has 1 atom stereocenters. The van der Waals surface area contributed by atoms with Crippen molar-refractivity contribution < 1.29 is 23.1 Å². The average Bonchev–Trinajstić information content (AvgIpc) is 2.87. The molecule has 0 aliphatic carbocycles. The zero-order chi connectivity index (χ0) is 26.7. The highest BCUT2D eigenvalue weighted by Gasteiger charge is 2.33. The molecule has 1 unspecified atom stereocenters. The Balaban J connectivity index is 1.53. The van der Waals surface area contributed by atoms with Crippen molar-refractivity contribution in [1.29, 1.82) is 0 Å². The third kappa shape index (κ3) is 5.60. The minimum atomic E-state index is -3.96. The molecular weight excluding hydrogens is 512 g/mol. The average molecular weight is 537 g/mol. The zero-order valence-corrected chi connectivity index (χ0v) is 21.7. The first-order valence-corrected chi connectivity index (χ1v) is 13.5. The summed E-state index contributed by atoms with van der Waals surface area (Å²) in [5, 5.41) is 16.2. The Hall–Kier alpha value is -3.88. The predicted octanol–water partition coefficient (Wildman–Crippen LogP) is 5.95. The molecular formula is C28H25ClN2O5S. The fraction of sp³-hybridized carbons (Fsp3) is 0.143. The molecule has 3 N–H and O–H groups in total. The van der Waals surface area contributed by atoms with Gasteiger partial charge in [0.2, 0.25) is 5.91 Å². The Morgan fingerprint density at radius 3 is 2.32 bits per heavy atom. The van der Waals surface area contributed by atoms with Crippen molar-refractivity contribution in [3.05, 3.63) is 95.0 Å². The van der Waals surface area contributed by atoms with Crippen LogP contribution in [0.1, 0.15) is 29.3 Å². The second-order valence-electron chi connectivity index (χ2n) is 8.61. The van der Waals surface area contributed by atoms with Crippen LogP contribution in [0.3, 0.4) is 0 Å². The van der Waals surface area contributed by atoms with E-state index in [-0.39, 0.29) is 33.5 Å². The Bertz CT molecular complexity index is 1620. The summed E-state index contributed by atoms with van der Waals surface area (Å²) in [5.74, 6) is -1.58. The number of anilines is 2. The van der Waals surface area contributed by atoms with Gasteiger partial charge in [-0.3, -0.25) is 9.59 Å². The summed E-state index contributed by atoms with van der Waals surface area (Å²) in [6, 6.07) is 21.6. The van der Waals surface area contributed by atoms with Gasteiger partial charge in [-0.05, 0) is 60.0 Å². The van der Waals surface area contributed by atoms with E-state index in [0.29, 0.717) is 5.56 Å². The van der Waals surface area contributed by atoms with Gasteiger partial charge >= 0.3 is 0 Å². The number of phenols is 1. The summed E-state index contributed by atoms with van der Waals surface area (Å²) in [5.41, 5.74) is 1.20. The molecule has 0 saturated carbocycles. The van der Waals surface area contributed by atoms with Crippen LogP contribution in [0.15, 0.2) is 83.8 Å². The lowest BCUT2D eigenvalue weighted by molar-refractivity contribution is -0.115. The zero-order valence-electron chi connectivity index (χ0n) is 20.2. The van der Waals surface area contributed by atoms with Gasteiger partial charge in [-0.2, -0.15) is 0 Å². The van der Waals surface area contributed by atoms with Crippen molar-refractivity contribution in [3.8, 4) is 5.75 Å². The van der Waals surface area contributed by atoms with Gasteiger partial charge in [0, 0.05) is 11.6 Å². The molecule has 37 heavy (non-hydrogen) atoms. The number of carbonyl (C=O) groups is 2. The lowest BCUT2D eigenvalue weighted by atomic mass is 10.1. The quantitative estimate of drug-likeness (QED) is 0.253. The maximum Gasteiger partial charge on any atom is 0.255 e. The maximum absolute atomic E-state index is 13.1. The Morgan fingerprint density at radius 2 is 1.62 bits per heavy atom. The third-order valence-electron chi connectivity index (χ3n) is 5.96. The highest BCUT2D eigenvalue weighted by Crippen LogP contribution is 2.35. The summed E-state index contributed by atoms with van der Waals surface area (Å²) in [7, 11) is -3.96. The van der Waals surface area contributed by atoms with Crippen molar-refractivity contribution in [2.75, 3.05) is 10.6 Å². The monoisotopic (exact) mass is 536 g/mol. The van der Waals surface area contributed by atoms with E-state index in [2.05, 4.69) is 10.6 Å². The summed E-state index contributed by atoms with van der Waals surface area (Å²) in [6.07, 6.45) is 0.0333. The highest BCUT2D eigenvalue weighted by molar-refractivity contribution is 7.92. The topological polar surface area (TPSA) is 113 Å². The van der Waals surface area contributed by atoms with E-state index in [1.165, 1.54) is 24.3 Å². The van der Waals surface area contributed by atoms with Crippen LogP contribution >= 0.6 is 11.6 Å². The second-order valence-corrected chi connectivity index (χ2v) is 11.2. The smallest absolute Gasteiger partial charge is 0.255 e. The third-order valence-corrected chi connectivity index (χ3v) is 8.48. The van der Waals surface area contributed by atoms with Crippen LogP contribution in [0.5, 0.6) is 5.75 Å². The number of rotatable bonds is 7. The van der Waals surface area contributed by atoms with Gasteiger partial charge in [-0.1, -0.05) is 61.0 Å². The normalized spacial score (nSPS) is 12.2. The number of sulfone groups is 1. The number of nitrogens with one attached hydrogen (secondary N) is 2. The minimum Gasteiger partial charge on any atom is -0.506 e. The Kier molecular flexibility index (Phi) is 7.52. The van der Waals surface area contributed by atoms with Gasteiger partial charge < -0.3 is 15.7 Å². The highest BCUT2D eigenvalue weighted by atomic mass is 35.5. The van der Waals surface area contributed by atoms with Crippen molar-refractivity contribution in [2.45, 2.75) is 30.4 Å². The van der Waals surface area contributed by atoms with E-state index in [9.17, 15) is 23.1 Å².